The second kappa shape index (κ2) is 5.03. The van der Waals surface area contributed by atoms with Gasteiger partial charge in [-0.1, -0.05) is 6.42 Å². The molecule has 2 atom stereocenters. The topological polar surface area (TPSA) is 29.5 Å². The zero-order valence-electron chi connectivity index (χ0n) is 9.38. The van der Waals surface area contributed by atoms with E-state index in [1.54, 1.807) is 0 Å². The van der Waals surface area contributed by atoms with E-state index in [0.29, 0.717) is 12.8 Å². The minimum absolute atomic E-state index is 0.115. The fourth-order valence-electron chi connectivity index (χ4n) is 2.06. The number of hydroxylamine groups is 2. The van der Waals surface area contributed by atoms with Crippen molar-refractivity contribution in [2.45, 2.75) is 31.9 Å². The molecule has 6 heteroatoms. The molecule has 0 unspecified atom stereocenters. The predicted octanol–water partition coefficient (Wildman–Crippen LogP) is 2.37. The molecule has 1 saturated carbocycles. The van der Waals surface area contributed by atoms with Gasteiger partial charge in [0.05, 0.1) is 13.0 Å². The standard InChI is InChI=1S/C10H16F3NO2/c1-14(16-2)9(15)7-4-3-5-8(6-7)10(11,12)13/h7-8H,3-6H2,1-2H3/t7-,8+/m0/s1. The third kappa shape index (κ3) is 3.10. The van der Waals surface area contributed by atoms with Crippen LogP contribution in [-0.4, -0.2) is 31.3 Å². The molecule has 0 bridgehead atoms. The molecule has 0 spiro atoms. The van der Waals surface area contributed by atoms with E-state index < -0.39 is 18.0 Å². The highest BCUT2D eigenvalue weighted by atomic mass is 19.4. The van der Waals surface area contributed by atoms with Gasteiger partial charge < -0.3 is 0 Å². The zero-order valence-corrected chi connectivity index (χ0v) is 9.38. The maximum Gasteiger partial charge on any atom is 0.391 e. The lowest BCUT2D eigenvalue weighted by molar-refractivity contribution is -0.194. The zero-order chi connectivity index (χ0) is 12.3. The summed E-state index contributed by atoms with van der Waals surface area (Å²) in [5.74, 6) is -2.28. The van der Waals surface area contributed by atoms with Crippen molar-refractivity contribution >= 4 is 5.91 Å². The molecule has 1 fully saturated rings. The summed E-state index contributed by atoms with van der Waals surface area (Å²) in [7, 11) is 2.74. The van der Waals surface area contributed by atoms with Crippen molar-refractivity contribution < 1.29 is 22.8 Å². The minimum Gasteiger partial charge on any atom is -0.275 e. The highest BCUT2D eigenvalue weighted by Gasteiger charge is 2.44. The smallest absolute Gasteiger partial charge is 0.275 e. The predicted molar refractivity (Wildman–Crippen MR) is 51.3 cm³/mol. The van der Waals surface area contributed by atoms with Crippen LogP contribution in [0.2, 0.25) is 0 Å². The molecule has 0 aromatic carbocycles. The molecule has 3 nitrogen and oxygen atoms in total. The largest absolute Gasteiger partial charge is 0.391 e. The summed E-state index contributed by atoms with van der Waals surface area (Å²) in [4.78, 5) is 16.3. The number of alkyl halides is 3. The third-order valence-electron chi connectivity index (χ3n) is 3.07. The van der Waals surface area contributed by atoms with E-state index in [1.165, 1.54) is 14.2 Å². The van der Waals surface area contributed by atoms with Crippen molar-refractivity contribution in [2.75, 3.05) is 14.2 Å². The van der Waals surface area contributed by atoms with Crippen LogP contribution in [-0.2, 0) is 9.63 Å². The van der Waals surface area contributed by atoms with Gasteiger partial charge in [-0.15, -0.1) is 0 Å². The maximum atomic E-state index is 12.5. The number of halogens is 3. The first-order valence-electron chi connectivity index (χ1n) is 5.24. The van der Waals surface area contributed by atoms with Crippen LogP contribution in [0.4, 0.5) is 13.2 Å². The van der Waals surface area contributed by atoms with Crippen LogP contribution < -0.4 is 0 Å². The van der Waals surface area contributed by atoms with Crippen LogP contribution in [0.3, 0.4) is 0 Å². The normalized spacial score (nSPS) is 26.6. The Morgan fingerprint density at radius 1 is 1.38 bits per heavy atom. The SMILES string of the molecule is CON(C)C(=O)[C@H]1CCC[C@@H](C(F)(F)F)C1. The van der Waals surface area contributed by atoms with Crippen molar-refractivity contribution in [3.63, 3.8) is 0 Å². The Balaban J connectivity index is 2.60. The summed E-state index contributed by atoms with van der Waals surface area (Å²) in [5.41, 5.74) is 0. The van der Waals surface area contributed by atoms with Gasteiger partial charge in [0.2, 0.25) is 5.91 Å². The Morgan fingerprint density at radius 3 is 2.50 bits per heavy atom. The second-order valence-electron chi connectivity index (χ2n) is 4.12. The molecule has 94 valence electrons. The van der Waals surface area contributed by atoms with Crippen LogP contribution in [0, 0.1) is 11.8 Å². The first-order valence-corrected chi connectivity index (χ1v) is 5.24. The van der Waals surface area contributed by atoms with Crippen molar-refractivity contribution in [3.8, 4) is 0 Å². The van der Waals surface area contributed by atoms with Gasteiger partial charge in [-0.05, 0) is 19.3 Å². The molecular weight excluding hydrogens is 223 g/mol. The monoisotopic (exact) mass is 239 g/mol. The molecule has 0 aromatic rings. The molecule has 0 aromatic heterocycles. The number of carbonyl (C=O) groups excluding carboxylic acids is 1. The van der Waals surface area contributed by atoms with Crippen LogP contribution in [0.1, 0.15) is 25.7 Å². The van der Waals surface area contributed by atoms with Gasteiger partial charge in [-0.3, -0.25) is 9.63 Å². The Labute approximate surface area is 92.5 Å². The summed E-state index contributed by atoms with van der Waals surface area (Å²) < 4.78 is 37.5. The third-order valence-corrected chi connectivity index (χ3v) is 3.07. The minimum atomic E-state index is -4.19. The molecule has 1 amide bonds. The molecule has 0 saturated heterocycles. The summed E-state index contributed by atoms with van der Waals surface area (Å²) in [6.07, 6.45) is -3.22. The Bertz CT molecular complexity index is 255. The fraction of sp³-hybridized carbons (Fsp3) is 0.900. The summed E-state index contributed by atoms with van der Waals surface area (Å²) in [5, 5.41) is 1.00. The highest BCUT2D eigenvalue weighted by molar-refractivity contribution is 5.77. The molecule has 1 aliphatic rings. The lowest BCUT2D eigenvalue weighted by Crippen LogP contribution is -2.37. The highest BCUT2D eigenvalue weighted by Crippen LogP contribution is 2.40. The lowest BCUT2D eigenvalue weighted by Gasteiger charge is -2.31. The van der Waals surface area contributed by atoms with Crippen molar-refractivity contribution in [3.05, 3.63) is 0 Å². The first kappa shape index (κ1) is 13.3. The first-order chi connectivity index (χ1) is 7.36. The van der Waals surface area contributed by atoms with Gasteiger partial charge in [-0.2, -0.15) is 13.2 Å². The van der Waals surface area contributed by atoms with Crippen LogP contribution >= 0.6 is 0 Å². The van der Waals surface area contributed by atoms with E-state index >= 15 is 0 Å². The van der Waals surface area contributed by atoms with E-state index in [0.717, 1.165) is 5.06 Å². The number of amides is 1. The van der Waals surface area contributed by atoms with Gasteiger partial charge in [0.25, 0.3) is 0 Å². The van der Waals surface area contributed by atoms with Crippen molar-refractivity contribution in [1.29, 1.82) is 0 Å². The van der Waals surface area contributed by atoms with Crippen LogP contribution in [0.15, 0.2) is 0 Å². The van der Waals surface area contributed by atoms with Gasteiger partial charge in [-0.25, -0.2) is 5.06 Å². The van der Waals surface area contributed by atoms with Crippen LogP contribution in [0.5, 0.6) is 0 Å². The molecule has 0 aliphatic heterocycles. The van der Waals surface area contributed by atoms with Gasteiger partial charge in [0.15, 0.2) is 0 Å². The molecule has 16 heavy (non-hydrogen) atoms. The average Bonchev–Trinajstić information content (AvgIpc) is 2.26. The molecular formula is C10H16F3NO2. The molecule has 1 rings (SSSR count). The Morgan fingerprint density at radius 2 is 2.00 bits per heavy atom. The Hall–Kier alpha value is -0.780. The van der Waals surface area contributed by atoms with Gasteiger partial charge in [0.1, 0.15) is 0 Å². The summed E-state index contributed by atoms with van der Waals surface area (Å²) in [6.45, 7) is 0. The van der Waals surface area contributed by atoms with Gasteiger partial charge in [0, 0.05) is 13.0 Å². The second-order valence-corrected chi connectivity index (χ2v) is 4.12. The Kier molecular flexibility index (Phi) is 4.18. The average molecular weight is 239 g/mol. The van der Waals surface area contributed by atoms with Gasteiger partial charge >= 0.3 is 6.18 Å². The molecule has 1 aliphatic carbocycles. The number of carbonyl (C=O) groups is 1. The number of hydrogen-bond donors (Lipinski definition) is 0. The summed E-state index contributed by atoms with van der Waals surface area (Å²) >= 11 is 0. The van der Waals surface area contributed by atoms with Crippen molar-refractivity contribution in [2.24, 2.45) is 11.8 Å². The van der Waals surface area contributed by atoms with E-state index in [1.807, 2.05) is 0 Å². The lowest BCUT2D eigenvalue weighted by atomic mass is 9.80. The van der Waals surface area contributed by atoms with E-state index in [9.17, 15) is 18.0 Å². The van der Waals surface area contributed by atoms with E-state index in [-0.39, 0.29) is 18.7 Å². The van der Waals surface area contributed by atoms with E-state index in [2.05, 4.69) is 4.84 Å². The number of hydrogen-bond acceptors (Lipinski definition) is 2. The van der Waals surface area contributed by atoms with Crippen LogP contribution in [0.25, 0.3) is 0 Å². The maximum absolute atomic E-state index is 12.5. The summed E-state index contributed by atoms with van der Waals surface area (Å²) in [6, 6.07) is 0. The van der Waals surface area contributed by atoms with E-state index in [4.69, 9.17) is 0 Å². The quantitative estimate of drug-likeness (QED) is 0.692. The molecule has 0 heterocycles. The number of nitrogens with zero attached hydrogens (tertiary/aromatic N) is 1. The fourth-order valence-corrected chi connectivity index (χ4v) is 2.06. The molecule has 0 radical (unpaired) electrons. The van der Waals surface area contributed by atoms with Crippen molar-refractivity contribution in [1.82, 2.24) is 5.06 Å². The number of rotatable bonds is 2. The molecule has 0 N–H and O–H groups in total.